The molecule has 100 valence electrons. The second kappa shape index (κ2) is 4.68. The molecule has 19 heavy (non-hydrogen) atoms. The van der Waals surface area contributed by atoms with Crippen LogP contribution in [0.15, 0.2) is 24.3 Å². The van der Waals surface area contributed by atoms with Crippen LogP contribution in [0.25, 0.3) is 0 Å². The number of fused-ring (bicyclic) bond motifs is 2. The molecule has 3 rings (SSSR count). The van der Waals surface area contributed by atoms with Gasteiger partial charge in [0.1, 0.15) is 0 Å². The van der Waals surface area contributed by atoms with Crippen molar-refractivity contribution in [1.82, 2.24) is 4.90 Å². The van der Waals surface area contributed by atoms with Gasteiger partial charge < -0.3 is 10.6 Å². The summed E-state index contributed by atoms with van der Waals surface area (Å²) in [5, 5.41) is 0. The molecule has 2 aliphatic heterocycles. The van der Waals surface area contributed by atoms with Crippen LogP contribution in [0.1, 0.15) is 35.2 Å². The van der Waals surface area contributed by atoms with Gasteiger partial charge in [-0.15, -0.1) is 0 Å². The monoisotopic (exact) mass is 258 g/mol. The van der Waals surface area contributed by atoms with Crippen LogP contribution < -0.4 is 5.73 Å². The molecule has 0 aliphatic carbocycles. The lowest BCUT2D eigenvalue weighted by molar-refractivity contribution is -0.123. The fraction of sp³-hybridized carbons (Fsp3) is 0.467. The maximum absolute atomic E-state index is 12.6. The summed E-state index contributed by atoms with van der Waals surface area (Å²) in [4.78, 5) is 25.8. The van der Waals surface area contributed by atoms with Crippen LogP contribution in [0.2, 0.25) is 0 Å². The summed E-state index contributed by atoms with van der Waals surface area (Å²) in [6, 6.07) is 8.04. The molecular formula is C15H18N2O2. The van der Waals surface area contributed by atoms with E-state index < -0.39 is 0 Å². The largest absolute Gasteiger partial charge is 0.369 e. The lowest BCUT2D eigenvalue weighted by atomic mass is 9.90. The molecule has 1 aromatic rings. The molecule has 0 aromatic heterocycles. The average molecular weight is 258 g/mol. The van der Waals surface area contributed by atoms with Gasteiger partial charge in [0.25, 0.3) is 5.91 Å². The summed E-state index contributed by atoms with van der Waals surface area (Å²) in [5.41, 5.74) is 7.30. The molecule has 2 amide bonds. The minimum absolute atomic E-state index is 0.0593. The quantitative estimate of drug-likeness (QED) is 0.826. The minimum Gasteiger partial charge on any atom is -0.369 e. The third-order valence-electron chi connectivity index (χ3n) is 4.36. The van der Waals surface area contributed by atoms with Crippen molar-refractivity contribution < 1.29 is 9.59 Å². The van der Waals surface area contributed by atoms with Gasteiger partial charge in [-0.2, -0.15) is 0 Å². The van der Waals surface area contributed by atoms with E-state index in [9.17, 15) is 9.59 Å². The molecule has 1 fully saturated rings. The number of hydrogen-bond acceptors (Lipinski definition) is 2. The van der Waals surface area contributed by atoms with Crippen molar-refractivity contribution in [2.75, 3.05) is 6.54 Å². The molecular weight excluding hydrogens is 240 g/mol. The number of benzene rings is 1. The summed E-state index contributed by atoms with van der Waals surface area (Å²) in [7, 11) is 0. The van der Waals surface area contributed by atoms with Gasteiger partial charge in [-0.1, -0.05) is 18.2 Å². The molecule has 0 radical (unpaired) electrons. The van der Waals surface area contributed by atoms with Crippen LogP contribution in [-0.4, -0.2) is 29.3 Å². The Morgan fingerprint density at radius 1 is 1.21 bits per heavy atom. The molecule has 0 spiro atoms. The Kier molecular flexibility index (Phi) is 3.01. The van der Waals surface area contributed by atoms with Crippen molar-refractivity contribution in [3.8, 4) is 0 Å². The Morgan fingerprint density at radius 2 is 2.00 bits per heavy atom. The summed E-state index contributed by atoms with van der Waals surface area (Å²) in [6.45, 7) is 0.479. The third kappa shape index (κ3) is 2.11. The SMILES string of the molecule is NC(=O)[C@H]1CC[C@H]2CCc3ccccc3C(=O)N2C1. The van der Waals surface area contributed by atoms with E-state index in [2.05, 4.69) is 0 Å². The second-order valence-corrected chi connectivity index (χ2v) is 5.48. The van der Waals surface area contributed by atoms with Crippen molar-refractivity contribution in [1.29, 1.82) is 0 Å². The normalized spacial score (nSPS) is 26.3. The first-order valence-corrected chi connectivity index (χ1v) is 6.85. The highest BCUT2D eigenvalue weighted by molar-refractivity contribution is 5.96. The Hall–Kier alpha value is -1.84. The Labute approximate surface area is 112 Å². The number of nitrogens with zero attached hydrogens (tertiary/aromatic N) is 1. The second-order valence-electron chi connectivity index (χ2n) is 5.48. The molecule has 0 saturated carbocycles. The van der Waals surface area contributed by atoms with Gasteiger partial charge in [0.15, 0.2) is 0 Å². The van der Waals surface area contributed by atoms with Crippen molar-refractivity contribution >= 4 is 11.8 Å². The number of carbonyl (C=O) groups excluding carboxylic acids is 2. The molecule has 0 bridgehead atoms. The highest BCUT2D eigenvalue weighted by Gasteiger charge is 2.36. The molecule has 4 heteroatoms. The van der Waals surface area contributed by atoms with Gasteiger partial charge >= 0.3 is 0 Å². The van der Waals surface area contributed by atoms with Crippen molar-refractivity contribution in [2.24, 2.45) is 11.7 Å². The van der Waals surface area contributed by atoms with Crippen LogP contribution in [0.4, 0.5) is 0 Å². The average Bonchev–Trinajstić information content (AvgIpc) is 2.57. The van der Waals surface area contributed by atoms with Gasteiger partial charge in [-0.3, -0.25) is 9.59 Å². The van der Waals surface area contributed by atoms with Crippen LogP contribution in [0.3, 0.4) is 0 Å². The smallest absolute Gasteiger partial charge is 0.254 e. The summed E-state index contributed by atoms with van der Waals surface area (Å²) < 4.78 is 0. The van der Waals surface area contributed by atoms with Crippen LogP contribution in [-0.2, 0) is 11.2 Å². The predicted octanol–water partition coefficient (Wildman–Crippen LogP) is 1.34. The van der Waals surface area contributed by atoms with E-state index in [1.807, 2.05) is 29.2 Å². The maximum atomic E-state index is 12.6. The zero-order valence-electron chi connectivity index (χ0n) is 10.8. The lowest BCUT2D eigenvalue weighted by Gasteiger charge is -2.37. The summed E-state index contributed by atoms with van der Waals surface area (Å²) in [5.74, 6) is -0.418. The highest BCUT2D eigenvalue weighted by Crippen LogP contribution is 2.30. The molecule has 4 nitrogen and oxygen atoms in total. The minimum atomic E-state index is -0.288. The van der Waals surface area contributed by atoms with E-state index >= 15 is 0 Å². The van der Waals surface area contributed by atoms with Gasteiger partial charge in [-0.05, 0) is 37.3 Å². The van der Waals surface area contributed by atoms with E-state index in [-0.39, 0.29) is 23.8 Å². The van der Waals surface area contributed by atoms with Crippen LogP contribution in [0.5, 0.6) is 0 Å². The van der Waals surface area contributed by atoms with Crippen LogP contribution >= 0.6 is 0 Å². The molecule has 2 atom stereocenters. The topological polar surface area (TPSA) is 63.4 Å². The number of nitrogens with two attached hydrogens (primary N) is 1. The number of carbonyl (C=O) groups is 2. The van der Waals surface area contributed by atoms with Crippen molar-refractivity contribution in [2.45, 2.75) is 31.7 Å². The molecule has 2 heterocycles. The molecule has 1 aromatic carbocycles. The van der Waals surface area contributed by atoms with Crippen molar-refractivity contribution in [3.05, 3.63) is 35.4 Å². The number of rotatable bonds is 1. The number of primary amides is 1. The van der Waals surface area contributed by atoms with E-state index in [4.69, 9.17) is 5.73 Å². The van der Waals surface area contributed by atoms with Gasteiger partial charge in [0, 0.05) is 18.2 Å². The Bertz CT molecular complexity index is 527. The van der Waals surface area contributed by atoms with Gasteiger partial charge in [0.2, 0.25) is 5.91 Å². The Balaban J connectivity index is 1.92. The molecule has 1 saturated heterocycles. The first-order chi connectivity index (χ1) is 9.16. The lowest BCUT2D eigenvalue weighted by Crippen LogP contribution is -2.49. The first-order valence-electron chi connectivity index (χ1n) is 6.85. The van der Waals surface area contributed by atoms with E-state index in [0.29, 0.717) is 6.54 Å². The van der Waals surface area contributed by atoms with Crippen molar-refractivity contribution in [3.63, 3.8) is 0 Å². The first kappa shape index (κ1) is 12.2. The van der Waals surface area contributed by atoms with E-state index in [1.165, 1.54) is 0 Å². The molecule has 2 aliphatic rings. The number of amides is 2. The summed E-state index contributed by atoms with van der Waals surface area (Å²) >= 11 is 0. The number of piperidine rings is 1. The zero-order chi connectivity index (χ0) is 13.4. The molecule has 0 unspecified atom stereocenters. The fourth-order valence-corrected chi connectivity index (χ4v) is 3.23. The van der Waals surface area contributed by atoms with Gasteiger partial charge in [0.05, 0.1) is 5.92 Å². The standard InChI is InChI=1S/C15H18N2O2/c16-14(18)11-6-8-12-7-5-10-3-1-2-4-13(10)15(19)17(12)9-11/h1-4,11-12H,5-9H2,(H2,16,18)/t11-,12+/m0/s1. The predicted molar refractivity (Wildman–Crippen MR) is 71.5 cm³/mol. The third-order valence-corrected chi connectivity index (χ3v) is 4.36. The van der Waals surface area contributed by atoms with E-state index in [1.54, 1.807) is 0 Å². The highest BCUT2D eigenvalue weighted by atomic mass is 16.2. The van der Waals surface area contributed by atoms with Gasteiger partial charge in [-0.25, -0.2) is 0 Å². The Morgan fingerprint density at radius 3 is 2.79 bits per heavy atom. The maximum Gasteiger partial charge on any atom is 0.254 e. The zero-order valence-corrected chi connectivity index (χ0v) is 10.8. The van der Waals surface area contributed by atoms with E-state index in [0.717, 1.165) is 36.8 Å². The molecule has 2 N–H and O–H groups in total. The fourth-order valence-electron chi connectivity index (χ4n) is 3.23. The number of hydrogen-bond donors (Lipinski definition) is 1. The number of aryl methyl sites for hydroxylation is 1. The van der Waals surface area contributed by atoms with Crippen LogP contribution in [0, 0.1) is 5.92 Å². The summed E-state index contributed by atoms with van der Waals surface area (Å²) in [6.07, 6.45) is 3.60.